The molecule has 4 heteroatoms. The molecule has 0 amide bonds. The summed E-state index contributed by atoms with van der Waals surface area (Å²) in [5.41, 5.74) is 6.73. The number of hydrogen-bond donors (Lipinski definition) is 1. The summed E-state index contributed by atoms with van der Waals surface area (Å²) in [7, 11) is 5.33. The van der Waals surface area contributed by atoms with Crippen molar-refractivity contribution < 1.29 is 9.47 Å². The van der Waals surface area contributed by atoms with Gasteiger partial charge in [0.1, 0.15) is 0 Å². The molecule has 0 aliphatic heterocycles. The molecule has 1 aromatic rings. The molecule has 17 heavy (non-hydrogen) atoms. The SMILES string of the molecule is COc1ccc(N(C)CC(C)CN)cc1OC. The summed E-state index contributed by atoms with van der Waals surface area (Å²) in [5, 5.41) is 0. The Labute approximate surface area is 103 Å². The summed E-state index contributed by atoms with van der Waals surface area (Å²) < 4.78 is 10.5. The maximum Gasteiger partial charge on any atom is 0.162 e. The van der Waals surface area contributed by atoms with Crippen molar-refractivity contribution in [3.05, 3.63) is 18.2 Å². The van der Waals surface area contributed by atoms with Gasteiger partial charge in [-0.3, -0.25) is 0 Å². The Balaban J connectivity index is 2.84. The van der Waals surface area contributed by atoms with Crippen LogP contribution in [0.2, 0.25) is 0 Å². The molecule has 1 atom stereocenters. The summed E-state index contributed by atoms with van der Waals surface area (Å²) in [6.07, 6.45) is 0. The molecule has 0 aromatic heterocycles. The molecule has 96 valence electrons. The van der Waals surface area contributed by atoms with Crippen LogP contribution in [0.3, 0.4) is 0 Å². The first kappa shape index (κ1) is 13.6. The lowest BCUT2D eigenvalue weighted by Gasteiger charge is -2.23. The second-order valence-electron chi connectivity index (χ2n) is 4.26. The fraction of sp³-hybridized carbons (Fsp3) is 0.538. The minimum Gasteiger partial charge on any atom is -0.493 e. The first-order valence-electron chi connectivity index (χ1n) is 5.75. The third kappa shape index (κ3) is 3.53. The van der Waals surface area contributed by atoms with E-state index in [1.165, 1.54) is 0 Å². The van der Waals surface area contributed by atoms with E-state index < -0.39 is 0 Å². The molecule has 0 radical (unpaired) electrons. The fourth-order valence-corrected chi connectivity index (χ4v) is 1.71. The van der Waals surface area contributed by atoms with Crippen LogP contribution in [0.15, 0.2) is 18.2 Å². The molecule has 0 bridgehead atoms. The highest BCUT2D eigenvalue weighted by Gasteiger charge is 2.09. The Morgan fingerprint density at radius 2 is 1.88 bits per heavy atom. The molecule has 0 spiro atoms. The van der Waals surface area contributed by atoms with Crippen molar-refractivity contribution in [1.29, 1.82) is 0 Å². The largest absolute Gasteiger partial charge is 0.493 e. The van der Waals surface area contributed by atoms with E-state index >= 15 is 0 Å². The molecule has 1 aromatic carbocycles. The molecule has 2 N–H and O–H groups in total. The fourth-order valence-electron chi connectivity index (χ4n) is 1.71. The van der Waals surface area contributed by atoms with Crippen molar-refractivity contribution in [2.24, 2.45) is 11.7 Å². The molecule has 1 unspecified atom stereocenters. The van der Waals surface area contributed by atoms with E-state index in [4.69, 9.17) is 15.2 Å². The lowest BCUT2D eigenvalue weighted by Crippen LogP contribution is -2.28. The van der Waals surface area contributed by atoms with E-state index in [1.54, 1.807) is 14.2 Å². The lowest BCUT2D eigenvalue weighted by atomic mass is 10.1. The van der Waals surface area contributed by atoms with E-state index in [0.29, 0.717) is 12.5 Å². The van der Waals surface area contributed by atoms with Crippen LogP contribution >= 0.6 is 0 Å². The van der Waals surface area contributed by atoms with E-state index in [2.05, 4.69) is 11.8 Å². The zero-order valence-corrected chi connectivity index (χ0v) is 11.1. The maximum absolute atomic E-state index is 5.63. The topological polar surface area (TPSA) is 47.7 Å². The molecule has 0 aliphatic rings. The van der Waals surface area contributed by atoms with Crippen LogP contribution in [0.5, 0.6) is 11.5 Å². The Bertz CT molecular complexity index is 355. The van der Waals surface area contributed by atoms with Gasteiger partial charge in [0.05, 0.1) is 14.2 Å². The molecular formula is C13H22N2O2. The Kier molecular flexibility index (Phi) is 5.10. The Morgan fingerprint density at radius 3 is 2.41 bits per heavy atom. The minimum absolute atomic E-state index is 0.466. The predicted molar refractivity (Wildman–Crippen MR) is 71.0 cm³/mol. The van der Waals surface area contributed by atoms with Gasteiger partial charge in [-0.2, -0.15) is 0 Å². The average molecular weight is 238 g/mol. The van der Waals surface area contributed by atoms with Gasteiger partial charge in [0.15, 0.2) is 11.5 Å². The van der Waals surface area contributed by atoms with Crippen LogP contribution in [0.1, 0.15) is 6.92 Å². The zero-order valence-electron chi connectivity index (χ0n) is 11.1. The van der Waals surface area contributed by atoms with Gasteiger partial charge in [-0.15, -0.1) is 0 Å². The molecule has 0 fully saturated rings. The third-order valence-corrected chi connectivity index (χ3v) is 2.80. The number of methoxy groups -OCH3 is 2. The number of rotatable bonds is 6. The molecule has 1 rings (SSSR count). The summed E-state index contributed by atoms with van der Waals surface area (Å²) in [6.45, 7) is 3.75. The van der Waals surface area contributed by atoms with Crippen LogP contribution < -0.4 is 20.1 Å². The number of nitrogens with two attached hydrogens (primary N) is 1. The van der Waals surface area contributed by atoms with Gasteiger partial charge in [-0.25, -0.2) is 0 Å². The van der Waals surface area contributed by atoms with Gasteiger partial charge < -0.3 is 20.1 Å². The zero-order chi connectivity index (χ0) is 12.8. The van der Waals surface area contributed by atoms with Crippen molar-refractivity contribution in [1.82, 2.24) is 0 Å². The lowest BCUT2D eigenvalue weighted by molar-refractivity contribution is 0.355. The quantitative estimate of drug-likeness (QED) is 0.820. The number of benzene rings is 1. The van der Waals surface area contributed by atoms with Crippen molar-refractivity contribution in [2.45, 2.75) is 6.92 Å². The summed E-state index contributed by atoms with van der Waals surface area (Å²) >= 11 is 0. The van der Waals surface area contributed by atoms with Gasteiger partial charge in [0.2, 0.25) is 0 Å². The van der Waals surface area contributed by atoms with Crippen molar-refractivity contribution >= 4 is 5.69 Å². The molecule has 0 saturated heterocycles. The highest BCUT2D eigenvalue weighted by atomic mass is 16.5. The first-order valence-corrected chi connectivity index (χ1v) is 5.75. The van der Waals surface area contributed by atoms with Crippen molar-refractivity contribution in [2.75, 3.05) is 39.3 Å². The molecule has 4 nitrogen and oxygen atoms in total. The first-order chi connectivity index (χ1) is 8.12. The van der Waals surface area contributed by atoms with E-state index in [9.17, 15) is 0 Å². The highest BCUT2D eigenvalue weighted by Crippen LogP contribution is 2.31. The number of hydrogen-bond acceptors (Lipinski definition) is 4. The monoisotopic (exact) mass is 238 g/mol. The van der Waals surface area contributed by atoms with Gasteiger partial charge in [-0.1, -0.05) is 6.92 Å². The normalized spacial score (nSPS) is 12.1. The summed E-state index contributed by atoms with van der Waals surface area (Å²) in [5.74, 6) is 1.96. The van der Waals surface area contributed by atoms with Crippen LogP contribution in [0.4, 0.5) is 5.69 Å². The van der Waals surface area contributed by atoms with Gasteiger partial charge in [-0.05, 0) is 24.6 Å². The van der Waals surface area contributed by atoms with Crippen LogP contribution in [0.25, 0.3) is 0 Å². The van der Waals surface area contributed by atoms with Gasteiger partial charge in [0.25, 0.3) is 0 Å². The summed E-state index contributed by atoms with van der Waals surface area (Å²) in [6, 6.07) is 5.91. The van der Waals surface area contributed by atoms with Crippen molar-refractivity contribution in [3.8, 4) is 11.5 Å². The smallest absolute Gasteiger partial charge is 0.162 e. The second-order valence-corrected chi connectivity index (χ2v) is 4.26. The molecular weight excluding hydrogens is 216 g/mol. The molecule has 0 saturated carbocycles. The Hall–Kier alpha value is -1.42. The maximum atomic E-state index is 5.63. The van der Waals surface area contributed by atoms with E-state index in [0.717, 1.165) is 23.7 Å². The van der Waals surface area contributed by atoms with Gasteiger partial charge >= 0.3 is 0 Å². The van der Waals surface area contributed by atoms with E-state index in [1.807, 2.05) is 25.2 Å². The summed E-state index contributed by atoms with van der Waals surface area (Å²) in [4.78, 5) is 2.17. The highest BCUT2D eigenvalue weighted by molar-refractivity contribution is 5.56. The van der Waals surface area contributed by atoms with E-state index in [-0.39, 0.29) is 0 Å². The molecule has 0 aliphatic carbocycles. The van der Waals surface area contributed by atoms with Crippen LogP contribution in [-0.4, -0.2) is 34.4 Å². The third-order valence-electron chi connectivity index (χ3n) is 2.80. The number of ether oxygens (including phenoxy) is 2. The minimum atomic E-state index is 0.466. The number of nitrogens with zero attached hydrogens (tertiary/aromatic N) is 1. The van der Waals surface area contributed by atoms with Crippen LogP contribution in [0, 0.1) is 5.92 Å². The van der Waals surface area contributed by atoms with Gasteiger partial charge in [0, 0.05) is 25.3 Å². The molecule has 0 heterocycles. The standard InChI is InChI=1S/C13H22N2O2/c1-10(8-14)9-15(2)11-5-6-12(16-3)13(7-11)17-4/h5-7,10H,8-9,14H2,1-4H3. The Morgan fingerprint density at radius 1 is 1.24 bits per heavy atom. The van der Waals surface area contributed by atoms with Crippen molar-refractivity contribution in [3.63, 3.8) is 0 Å². The second kappa shape index (κ2) is 6.35. The average Bonchev–Trinajstić information content (AvgIpc) is 2.37. The number of anilines is 1. The predicted octanol–water partition coefficient (Wildman–Crippen LogP) is 1.73. The van der Waals surface area contributed by atoms with Crippen LogP contribution in [-0.2, 0) is 0 Å².